The summed E-state index contributed by atoms with van der Waals surface area (Å²) in [4.78, 5) is 0. The molecule has 0 bridgehead atoms. The molecule has 0 aromatic carbocycles. The third-order valence-corrected chi connectivity index (χ3v) is 4.90. The van der Waals surface area contributed by atoms with Crippen molar-refractivity contribution in [3.63, 3.8) is 0 Å². The molecule has 2 rings (SSSR count). The minimum absolute atomic E-state index is 0.569. The lowest BCUT2D eigenvalue weighted by molar-refractivity contribution is 0.0970. The van der Waals surface area contributed by atoms with Gasteiger partial charge in [-0.05, 0) is 43.9 Å². The van der Waals surface area contributed by atoms with Gasteiger partial charge < -0.3 is 14.8 Å². The summed E-state index contributed by atoms with van der Waals surface area (Å²) in [7, 11) is 1.77. The van der Waals surface area contributed by atoms with Crippen molar-refractivity contribution in [3.8, 4) is 0 Å². The highest BCUT2D eigenvalue weighted by molar-refractivity contribution is 4.87. The van der Waals surface area contributed by atoms with Crippen LogP contribution in [0.3, 0.4) is 0 Å². The van der Waals surface area contributed by atoms with Crippen molar-refractivity contribution in [2.75, 3.05) is 33.4 Å². The number of rotatable bonds is 9. The second-order valence-corrected chi connectivity index (χ2v) is 6.40. The summed E-state index contributed by atoms with van der Waals surface area (Å²) in [6, 6.07) is 0. The van der Waals surface area contributed by atoms with E-state index in [1.54, 1.807) is 7.11 Å². The molecule has 2 aliphatic rings. The quantitative estimate of drug-likeness (QED) is 0.652. The Labute approximate surface area is 118 Å². The Hall–Kier alpha value is -0.120. The van der Waals surface area contributed by atoms with Gasteiger partial charge in [-0.25, -0.2) is 0 Å². The third kappa shape index (κ3) is 5.05. The first-order valence-corrected chi connectivity index (χ1v) is 8.16. The molecular formula is C16H31NO2. The molecule has 0 aromatic heterocycles. The highest BCUT2D eigenvalue weighted by Crippen LogP contribution is 2.42. The fraction of sp³-hybridized carbons (Fsp3) is 1.00. The van der Waals surface area contributed by atoms with Gasteiger partial charge in [-0.1, -0.05) is 19.3 Å². The molecule has 19 heavy (non-hydrogen) atoms. The predicted octanol–water partition coefficient (Wildman–Crippen LogP) is 3.13. The molecule has 112 valence electrons. The Kier molecular flexibility index (Phi) is 6.62. The van der Waals surface area contributed by atoms with Gasteiger partial charge in [-0.2, -0.15) is 0 Å². The number of hydrogen-bond donors (Lipinski definition) is 1. The molecule has 0 aromatic rings. The Bertz CT molecular complexity index is 233. The molecule has 1 aliphatic heterocycles. The first-order chi connectivity index (χ1) is 9.35. The number of ether oxygens (including phenoxy) is 2. The molecule has 1 N–H and O–H groups in total. The van der Waals surface area contributed by atoms with Crippen molar-refractivity contribution in [1.29, 1.82) is 0 Å². The monoisotopic (exact) mass is 269 g/mol. The van der Waals surface area contributed by atoms with Crippen molar-refractivity contribution in [3.05, 3.63) is 0 Å². The largest absolute Gasteiger partial charge is 0.383 e. The first kappa shape index (κ1) is 15.3. The maximum absolute atomic E-state index is 5.73. The average Bonchev–Trinajstić information content (AvgIpc) is 3.07. The van der Waals surface area contributed by atoms with Crippen LogP contribution in [0, 0.1) is 5.41 Å². The SMILES string of the molecule is COCCNCC1(CCCC2CCCO2)CCCC1. The van der Waals surface area contributed by atoms with Crippen molar-refractivity contribution in [2.45, 2.75) is 63.9 Å². The van der Waals surface area contributed by atoms with Gasteiger partial charge in [-0.15, -0.1) is 0 Å². The zero-order valence-corrected chi connectivity index (χ0v) is 12.6. The van der Waals surface area contributed by atoms with Crippen molar-refractivity contribution in [1.82, 2.24) is 5.32 Å². The molecule has 1 heterocycles. The molecule has 0 amide bonds. The van der Waals surface area contributed by atoms with E-state index in [-0.39, 0.29) is 0 Å². The molecule has 3 nitrogen and oxygen atoms in total. The smallest absolute Gasteiger partial charge is 0.0587 e. The van der Waals surface area contributed by atoms with Crippen LogP contribution in [0.25, 0.3) is 0 Å². The molecule has 1 atom stereocenters. The highest BCUT2D eigenvalue weighted by atomic mass is 16.5. The Morgan fingerprint density at radius 1 is 1.26 bits per heavy atom. The van der Waals surface area contributed by atoms with Crippen LogP contribution in [0.4, 0.5) is 0 Å². The van der Waals surface area contributed by atoms with Crippen LogP contribution in [0.15, 0.2) is 0 Å². The van der Waals surface area contributed by atoms with Gasteiger partial charge in [0.15, 0.2) is 0 Å². The summed E-state index contributed by atoms with van der Waals surface area (Å²) >= 11 is 0. The van der Waals surface area contributed by atoms with E-state index in [1.807, 2.05) is 0 Å². The molecule has 0 radical (unpaired) electrons. The van der Waals surface area contributed by atoms with Gasteiger partial charge in [0.1, 0.15) is 0 Å². The van der Waals surface area contributed by atoms with Crippen LogP contribution in [-0.2, 0) is 9.47 Å². The number of methoxy groups -OCH3 is 1. The van der Waals surface area contributed by atoms with Crippen molar-refractivity contribution in [2.24, 2.45) is 5.41 Å². The van der Waals surface area contributed by atoms with E-state index in [1.165, 1.54) is 64.3 Å². The van der Waals surface area contributed by atoms with E-state index in [2.05, 4.69) is 5.32 Å². The summed E-state index contributed by atoms with van der Waals surface area (Å²) in [5, 5.41) is 3.59. The topological polar surface area (TPSA) is 30.5 Å². The van der Waals surface area contributed by atoms with Crippen molar-refractivity contribution >= 4 is 0 Å². The highest BCUT2D eigenvalue weighted by Gasteiger charge is 2.33. The molecule has 1 aliphatic carbocycles. The summed E-state index contributed by atoms with van der Waals surface area (Å²) < 4.78 is 10.8. The van der Waals surface area contributed by atoms with Crippen LogP contribution >= 0.6 is 0 Å². The van der Waals surface area contributed by atoms with Gasteiger partial charge in [0, 0.05) is 26.8 Å². The van der Waals surface area contributed by atoms with E-state index in [0.717, 1.165) is 19.8 Å². The summed E-state index contributed by atoms with van der Waals surface area (Å²) in [6.07, 6.45) is 12.8. The maximum atomic E-state index is 5.73. The molecule has 0 spiro atoms. The van der Waals surface area contributed by atoms with E-state index < -0.39 is 0 Å². The van der Waals surface area contributed by atoms with Gasteiger partial charge in [-0.3, -0.25) is 0 Å². The van der Waals surface area contributed by atoms with Gasteiger partial charge in [0.2, 0.25) is 0 Å². The molecule has 1 saturated carbocycles. The fourth-order valence-electron chi connectivity index (χ4n) is 3.74. The molecular weight excluding hydrogens is 238 g/mol. The maximum Gasteiger partial charge on any atom is 0.0587 e. The van der Waals surface area contributed by atoms with Gasteiger partial charge in [0.25, 0.3) is 0 Å². The molecule has 3 heteroatoms. The van der Waals surface area contributed by atoms with E-state index in [9.17, 15) is 0 Å². The second-order valence-electron chi connectivity index (χ2n) is 6.40. The third-order valence-electron chi connectivity index (χ3n) is 4.90. The molecule has 1 unspecified atom stereocenters. The van der Waals surface area contributed by atoms with Crippen LogP contribution in [0.1, 0.15) is 57.8 Å². The zero-order valence-electron chi connectivity index (χ0n) is 12.6. The van der Waals surface area contributed by atoms with Crippen LogP contribution < -0.4 is 5.32 Å². The lowest BCUT2D eigenvalue weighted by atomic mass is 9.80. The lowest BCUT2D eigenvalue weighted by Gasteiger charge is -2.30. The summed E-state index contributed by atoms with van der Waals surface area (Å²) in [5.74, 6) is 0. The van der Waals surface area contributed by atoms with E-state index in [0.29, 0.717) is 11.5 Å². The molecule has 2 fully saturated rings. The molecule has 1 saturated heterocycles. The normalized spacial score (nSPS) is 26.1. The minimum Gasteiger partial charge on any atom is -0.383 e. The Balaban J connectivity index is 1.65. The van der Waals surface area contributed by atoms with Crippen LogP contribution in [0.5, 0.6) is 0 Å². The van der Waals surface area contributed by atoms with E-state index in [4.69, 9.17) is 9.47 Å². The van der Waals surface area contributed by atoms with Gasteiger partial charge >= 0.3 is 0 Å². The predicted molar refractivity (Wildman–Crippen MR) is 78.5 cm³/mol. The Morgan fingerprint density at radius 2 is 2.11 bits per heavy atom. The Morgan fingerprint density at radius 3 is 2.79 bits per heavy atom. The van der Waals surface area contributed by atoms with E-state index >= 15 is 0 Å². The van der Waals surface area contributed by atoms with Gasteiger partial charge in [0.05, 0.1) is 12.7 Å². The number of nitrogens with one attached hydrogen (secondary N) is 1. The average molecular weight is 269 g/mol. The fourth-order valence-corrected chi connectivity index (χ4v) is 3.74. The lowest BCUT2D eigenvalue weighted by Crippen LogP contribution is -2.34. The standard InChI is InChI=1S/C16H31NO2/c1-18-13-11-17-14-16(8-2-3-9-16)10-4-6-15-7-5-12-19-15/h15,17H,2-14H2,1H3. The first-order valence-electron chi connectivity index (χ1n) is 8.16. The van der Waals surface area contributed by atoms with Crippen LogP contribution in [-0.4, -0.2) is 39.5 Å². The second kappa shape index (κ2) is 8.23. The number of hydrogen-bond acceptors (Lipinski definition) is 3. The zero-order chi connectivity index (χ0) is 13.4. The summed E-state index contributed by atoms with van der Waals surface area (Å²) in [6.45, 7) is 3.99. The minimum atomic E-state index is 0.569. The van der Waals surface area contributed by atoms with Crippen molar-refractivity contribution < 1.29 is 9.47 Å². The van der Waals surface area contributed by atoms with Crippen LogP contribution in [0.2, 0.25) is 0 Å². The summed E-state index contributed by atoms with van der Waals surface area (Å²) in [5.41, 5.74) is 0.576.